The summed E-state index contributed by atoms with van der Waals surface area (Å²) in [5.74, 6) is 0.156. The topological polar surface area (TPSA) is 28.5 Å². The number of hydrogen-bond donors (Lipinski definition) is 0. The van der Waals surface area contributed by atoms with Crippen LogP contribution in [0.15, 0.2) is 60.8 Å². The molecule has 2 aromatic carbocycles. The number of aromatic nitrogens is 1. The van der Waals surface area contributed by atoms with Gasteiger partial charge in [-0.05, 0) is 31.6 Å². The highest BCUT2D eigenvalue weighted by atomic mass is 16.2. The van der Waals surface area contributed by atoms with Crippen LogP contribution in [0.2, 0.25) is 0 Å². The minimum Gasteiger partial charge on any atom is -0.342 e. The first-order chi connectivity index (χ1) is 12.7. The predicted octanol–water partition coefficient (Wildman–Crippen LogP) is 3.47. The number of carbonyl (C=O) groups excluding carboxylic acids is 1. The van der Waals surface area contributed by atoms with Crippen molar-refractivity contribution in [2.75, 3.05) is 33.2 Å². The second kappa shape index (κ2) is 7.34. The molecule has 0 spiro atoms. The van der Waals surface area contributed by atoms with Crippen LogP contribution >= 0.6 is 0 Å². The number of amides is 1. The van der Waals surface area contributed by atoms with Gasteiger partial charge in [-0.3, -0.25) is 4.79 Å². The summed E-state index contributed by atoms with van der Waals surface area (Å²) in [4.78, 5) is 17.5. The molecule has 0 aliphatic carbocycles. The number of nitrogens with zero attached hydrogens (tertiary/aromatic N) is 3. The molecule has 2 heterocycles. The highest BCUT2D eigenvalue weighted by Gasteiger charge is 2.22. The smallest absolute Gasteiger partial charge is 0.256 e. The molecule has 1 aliphatic heterocycles. The number of likely N-dealkylation sites (N-methyl/N-ethyl adjacent to an activating group) is 1. The Kier molecular flexibility index (Phi) is 4.76. The van der Waals surface area contributed by atoms with Gasteiger partial charge in [-0.2, -0.15) is 0 Å². The van der Waals surface area contributed by atoms with Gasteiger partial charge in [0.05, 0.1) is 5.56 Å². The van der Waals surface area contributed by atoms with Gasteiger partial charge < -0.3 is 14.4 Å². The van der Waals surface area contributed by atoms with Crippen molar-refractivity contribution in [3.8, 4) is 0 Å². The maximum atomic E-state index is 13.2. The van der Waals surface area contributed by atoms with Crippen molar-refractivity contribution in [3.63, 3.8) is 0 Å². The molecule has 0 atom stereocenters. The van der Waals surface area contributed by atoms with E-state index in [4.69, 9.17) is 0 Å². The third kappa shape index (κ3) is 3.37. The van der Waals surface area contributed by atoms with Crippen molar-refractivity contribution in [1.29, 1.82) is 0 Å². The maximum absolute atomic E-state index is 13.2. The molecular weight excluding hydrogens is 322 g/mol. The van der Waals surface area contributed by atoms with Gasteiger partial charge in [-0.1, -0.05) is 48.5 Å². The molecule has 26 heavy (non-hydrogen) atoms. The van der Waals surface area contributed by atoms with Gasteiger partial charge in [0, 0.05) is 43.3 Å². The molecule has 4 nitrogen and oxygen atoms in total. The third-order valence-electron chi connectivity index (χ3n) is 5.22. The van der Waals surface area contributed by atoms with Crippen molar-refractivity contribution < 1.29 is 4.79 Å². The average Bonchev–Trinajstić information content (AvgIpc) is 2.88. The van der Waals surface area contributed by atoms with E-state index >= 15 is 0 Å². The van der Waals surface area contributed by atoms with E-state index in [-0.39, 0.29) is 5.91 Å². The van der Waals surface area contributed by atoms with Crippen LogP contribution in [0, 0.1) is 0 Å². The molecule has 1 fully saturated rings. The lowest BCUT2D eigenvalue weighted by atomic mass is 10.1. The second-order valence-corrected chi connectivity index (χ2v) is 7.12. The fourth-order valence-electron chi connectivity index (χ4n) is 3.75. The molecule has 1 amide bonds. The molecule has 1 aliphatic rings. The molecule has 0 saturated carbocycles. The molecule has 0 radical (unpaired) electrons. The molecule has 0 N–H and O–H groups in total. The highest BCUT2D eigenvalue weighted by Crippen LogP contribution is 2.24. The molecule has 3 aromatic rings. The summed E-state index contributed by atoms with van der Waals surface area (Å²) in [6.45, 7) is 4.40. The Morgan fingerprint density at radius 2 is 1.69 bits per heavy atom. The number of carbonyl (C=O) groups is 1. The number of rotatable bonds is 3. The lowest BCUT2D eigenvalue weighted by Gasteiger charge is -2.20. The average molecular weight is 347 g/mol. The standard InChI is InChI=1S/C22H25N3O/c1-23-12-7-13-24(15-14-23)22(26)20-17-25(16-18-8-3-2-4-9-18)21-11-6-5-10-19(20)21/h2-6,8-11,17H,7,12-16H2,1H3. The lowest BCUT2D eigenvalue weighted by Crippen LogP contribution is -2.34. The minimum atomic E-state index is 0.156. The van der Waals surface area contributed by atoms with Gasteiger partial charge >= 0.3 is 0 Å². The third-order valence-corrected chi connectivity index (χ3v) is 5.22. The van der Waals surface area contributed by atoms with E-state index in [1.165, 1.54) is 5.56 Å². The van der Waals surface area contributed by atoms with Crippen LogP contribution in [-0.2, 0) is 6.54 Å². The second-order valence-electron chi connectivity index (χ2n) is 7.12. The molecule has 134 valence electrons. The monoisotopic (exact) mass is 347 g/mol. The van der Waals surface area contributed by atoms with E-state index in [9.17, 15) is 4.79 Å². The minimum absolute atomic E-state index is 0.156. The zero-order valence-electron chi connectivity index (χ0n) is 15.3. The number of fused-ring (bicyclic) bond motifs is 1. The van der Waals surface area contributed by atoms with Crippen LogP contribution < -0.4 is 0 Å². The Morgan fingerprint density at radius 3 is 2.54 bits per heavy atom. The summed E-state index contributed by atoms with van der Waals surface area (Å²) in [5.41, 5.74) is 3.18. The summed E-state index contributed by atoms with van der Waals surface area (Å²) in [7, 11) is 2.12. The van der Waals surface area contributed by atoms with E-state index < -0.39 is 0 Å². The summed E-state index contributed by atoms with van der Waals surface area (Å²) < 4.78 is 2.20. The van der Waals surface area contributed by atoms with Crippen LogP contribution in [0.5, 0.6) is 0 Å². The fraction of sp³-hybridized carbons (Fsp3) is 0.318. The molecular formula is C22H25N3O. The molecule has 4 rings (SSSR count). The Labute approximate surface area is 154 Å². The predicted molar refractivity (Wildman–Crippen MR) is 105 cm³/mol. The van der Waals surface area contributed by atoms with Crippen LogP contribution in [-0.4, -0.2) is 53.5 Å². The van der Waals surface area contributed by atoms with Gasteiger partial charge in [0.15, 0.2) is 0 Å². The van der Waals surface area contributed by atoms with Crippen LogP contribution in [0.3, 0.4) is 0 Å². The quantitative estimate of drug-likeness (QED) is 0.726. The molecule has 4 heteroatoms. The number of benzene rings is 2. The normalized spacial score (nSPS) is 16.0. The Morgan fingerprint density at radius 1 is 0.923 bits per heavy atom. The van der Waals surface area contributed by atoms with Gasteiger partial charge in [-0.15, -0.1) is 0 Å². The summed E-state index contributed by atoms with van der Waals surface area (Å²) in [5, 5.41) is 1.05. The summed E-state index contributed by atoms with van der Waals surface area (Å²) >= 11 is 0. The molecule has 0 unspecified atom stereocenters. The van der Waals surface area contributed by atoms with Crippen molar-refractivity contribution in [2.45, 2.75) is 13.0 Å². The Bertz CT molecular complexity index is 900. The summed E-state index contributed by atoms with van der Waals surface area (Å²) in [6, 6.07) is 18.6. The van der Waals surface area contributed by atoms with Gasteiger partial charge in [0.1, 0.15) is 0 Å². The van der Waals surface area contributed by atoms with Crippen molar-refractivity contribution in [1.82, 2.24) is 14.4 Å². The van der Waals surface area contributed by atoms with E-state index in [1.54, 1.807) is 0 Å². The highest BCUT2D eigenvalue weighted by molar-refractivity contribution is 6.07. The van der Waals surface area contributed by atoms with Crippen molar-refractivity contribution in [2.24, 2.45) is 0 Å². The zero-order chi connectivity index (χ0) is 17.9. The van der Waals surface area contributed by atoms with Crippen LogP contribution in [0.1, 0.15) is 22.3 Å². The van der Waals surface area contributed by atoms with Gasteiger partial charge in [0.25, 0.3) is 5.91 Å². The first-order valence-electron chi connectivity index (χ1n) is 9.32. The zero-order valence-corrected chi connectivity index (χ0v) is 15.3. The first-order valence-corrected chi connectivity index (χ1v) is 9.32. The molecule has 1 aromatic heterocycles. The van der Waals surface area contributed by atoms with E-state index in [2.05, 4.69) is 52.9 Å². The maximum Gasteiger partial charge on any atom is 0.256 e. The van der Waals surface area contributed by atoms with Gasteiger partial charge in [0.2, 0.25) is 0 Å². The largest absolute Gasteiger partial charge is 0.342 e. The first kappa shape index (κ1) is 16.9. The Hall–Kier alpha value is -2.59. The lowest BCUT2D eigenvalue weighted by molar-refractivity contribution is 0.0764. The van der Waals surface area contributed by atoms with Gasteiger partial charge in [-0.25, -0.2) is 0 Å². The van der Waals surface area contributed by atoms with Crippen molar-refractivity contribution >= 4 is 16.8 Å². The van der Waals surface area contributed by atoms with Crippen LogP contribution in [0.25, 0.3) is 10.9 Å². The fourth-order valence-corrected chi connectivity index (χ4v) is 3.75. The number of para-hydroxylation sites is 1. The molecule has 0 bridgehead atoms. The number of hydrogen-bond acceptors (Lipinski definition) is 2. The summed E-state index contributed by atoms with van der Waals surface area (Å²) in [6.07, 6.45) is 3.07. The van der Waals surface area contributed by atoms with E-state index in [0.717, 1.165) is 55.6 Å². The van der Waals surface area contributed by atoms with Crippen LogP contribution in [0.4, 0.5) is 0 Å². The van der Waals surface area contributed by atoms with E-state index in [0.29, 0.717) is 0 Å². The molecule has 1 saturated heterocycles. The van der Waals surface area contributed by atoms with Crippen molar-refractivity contribution in [3.05, 3.63) is 71.9 Å². The SMILES string of the molecule is CN1CCCN(C(=O)c2cn(Cc3ccccc3)c3ccccc23)CC1. The Balaban J connectivity index is 1.68. The van der Waals surface area contributed by atoms with E-state index in [1.807, 2.05) is 29.3 Å².